The van der Waals surface area contributed by atoms with Gasteiger partial charge in [0.25, 0.3) is 0 Å². The van der Waals surface area contributed by atoms with E-state index >= 15 is 0 Å². The zero-order valence-electron chi connectivity index (χ0n) is 18.4. The Morgan fingerprint density at radius 2 is 1.78 bits per heavy atom. The Balaban J connectivity index is 1.25. The smallest absolute Gasteiger partial charge is 0.224 e. The molecule has 3 aromatic rings. The fourth-order valence-corrected chi connectivity index (χ4v) is 3.67. The van der Waals surface area contributed by atoms with E-state index in [0.717, 1.165) is 43.1 Å². The van der Waals surface area contributed by atoms with Crippen LogP contribution in [0.2, 0.25) is 0 Å². The lowest BCUT2D eigenvalue weighted by Gasteiger charge is -2.28. The molecule has 6 nitrogen and oxygen atoms in total. The van der Waals surface area contributed by atoms with Gasteiger partial charge in [-0.05, 0) is 42.3 Å². The summed E-state index contributed by atoms with van der Waals surface area (Å²) in [4.78, 5) is 19.3. The molecular formula is C26H29N3O3. The molecule has 1 aliphatic heterocycles. The molecule has 2 heterocycles. The summed E-state index contributed by atoms with van der Waals surface area (Å²) >= 11 is 0. The van der Waals surface area contributed by atoms with Crippen LogP contribution in [-0.4, -0.2) is 37.2 Å². The highest BCUT2D eigenvalue weighted by Crippen LogP contribution is 2.18. The number of anilines is 1. The second-order valence-corrected chi connectivity index (χ2v) is 7.92. The fourth-order valence-electron chi connectivity index (χ4n) is 3.67. The van der Waals surface area contributed by atoms with Crippen molar-refractivity contribution >= 4 is 11.6 Å². The lowest BCUT2D eigenvalue weighted by molar-refractivity contribution is -0.121. The first-order valence-electron chi connectivity index (χ1n) is 11.0. The van der Waals surface area contributed by atoms with E-state index in [1.807, 2.05) is 61.5 Å². The number of pyridine rings is 1. The van der Waals surface area contributed by atoms with Gasteiger partial charge in [0.15, 0.2) is 0 Å². The second-order valence-electron chi connectivity index (χ2n) is 7.92. The van der Waals surface area contributed by atoms with Gasteiger partial charge in [-0.15, -0.1) is 0 Å². The molecule has 1 saturated heterocycles. The lowest BCUT2D eigenvalue weighted by Crippen LogP contribution is -2.36. The third-order valence-corrected chi connectivity index (χ3v) is 5.51. The number of ether oxygens (including phenoxy) is 2. The third kappa shape index (κ3) is 6.08. The van der Waals surface area contributed by atoms with Crippen molar-refractivity contribution in [2.45, 2.75) is 26.0 Å². The van der Waals surface area contributed by atoms with Gasteiger partial charge in [0, 0.05) is 18.8 Å². The first kappa shape index (κ1) is 21.8. The van der Waals surface area contributed by atoms with E-state index in [9.17, 15) is 4.79 Å². The van der Waals surface area contributed by atoms with Crippen LogP contribution in [0.4, 0.5) is 5.69 Å². The predicted octanol–water partition coefficient (Wildman–Crippen LogP) is 3.92. The Labute approximate surface area is 189 Å². The number of aromatic nitrogens is 1. The maximum absolute atomic E-state index is 12.5. The van der Waals surface area contributed by atoms with Crippen molar-refractivity contribution in [3.63, 3.8) is 0 Å². The molecule has 1 N–H and O–H groups in total. The number of amides is 1. The van der Waals surface area contributed by atoms with Crippen LogP contribution < -0.4 is 15.0 Å². The van der Waals surface area contributed by atoms with E-state index in [0.29, 0.717) is 18.8 Å². The number of hydrogen-bond acceptors (Lipinski definition) is 5. The number of carbonyl (C=O) groups is 1. The minimum atomic E-state index is -0.182. The van der Waals surface area contributed by atoms with Crippen LogP contribution in [0.15, 0.2) is 72.9 Å². The highest BCUT2D eigenvalue weighted by molar-refractivity contribution is 5.79. The maximum Gasteiger partial charge on any atom is 0.224 e. The zero-order valence-corrected chi connectivity index (χ0v) is 18.4. The minimum Gasteiger partial charge on any atom is -0.487 e. The minimum absolute atomic E-state index is 0.0252. The van der Waals surface area contributed by atoms with Gasteiger partial charge in [-0.3, -0.25) is 9.78 Å². The number of rotatable bonds is 8. The van der Waals surface area contributed by atoms with E-state index in [4.69, 9.17) is 9.47 Å². The molecule has 32 heavy (non-hydrogen) atoms. The number of morpholine rings is 1. The van der Waals surface area contributed by atoms with Crippen molar-refractivity contribution in [2.24, 2.45) is 0 Å². The molecule has 1 atom stereocenters. The average molecular weight is 432 g/mol. The summed E-state index contributed by atoms with van der Waals surface area (Å²) in [5.74, 6) is 0.680. The Morgan fingerprint density at radius 3 is 2.47 bits per heavy atom. The zero-order chi connectivity index (χ0) is 22.2. The highest BCUT2D eigenvalue weighted by Gasteiger charge is 2.13. The van der Waals surface area contributed by atoms with Crippen molar-refractivity contribution in [1.29, 1.82) is 0 Å². The van der Waals surface area contributed by atoms with Crippen LogP contribution in [0.3, 0.4) is 0 Å². The number of carbonyl (C=O) groups excluding carboxylic acids is 1. The van der Waals surface area contributed by atoms with Gasteiger partial charge in [-0.2, -0.15) is 0 Å². The van der Waals surface area contributed by atoms with Crippen LogP contribution >= 0.6 is 0 Å². The molecule has 1 amide bonds. The van der Waals surface area contributed by atoms with Crippen LogP contribution in [-0.2, 0) is 22.6 Å². The molecule has 0 aliphatic carbocycles. The van der Waals surface area contributed by atoms with Crippen LogP contribution in [0.5, 0.6) is 5.75 Å². The molecular weight excluding hydrogens is 402 g/mol. The Bertz CT molecular complexity index is 985. The van der Waals surface area contributed by atoms with Gasteiger partial charge in [-0.1, -0.05) is 42.5 Å². The molecule has 6 heteroatoms. The monoisotopic (exact) mass is 431 g/mol. The van der Waals surface area contributed by atoms with E-state index in [1.165, 1.54) is 5.69 Å². The normalized spacial score (nSPS) is 14.6. The van der Waals surface area contributed by atoms with Crippen LogP contribution in [0, 0.1) is 0 Å². The van der Waals surface area contributed by atoms with Gasteiger partial charge in [-0.25, -0.2) is 0 Å². The summed E-state index contributed by atoms with van der Waals surface area (Å²) in [5, 5.41) is 3.03. The summed E-state index contributed by atoms with van der Waals surface area (Å²) in [6, 6.07) is 21.8. The number of nitrogens with zero attached hydrogens (tertiary/aromatic N) is 2. The molecule has 2 aromatic carbocycles. The van der Waals surface area contributed by atoms with Crippen molar-refractivity contribution in [2.75, 3.05) is 31.2 Å². The van der Waals surface area contributed by atoms with Gasteiger partial charge in [0.2, 0.25) is 5.91 Å². The molecule has 0 spiro atoms. The molecule has 1 aromatic heterocycles. The predicted molar refractivity (Wildman–Crippen MR) is 125 cm³/mol. The van der Waals surface area contributed by atoms with Gasteiger partial charge < -0.3 is 19.7 Å². The molecule has 1 aliphatic rings. The summed E-state index contributed by atoms with van der Waals surface area (Å²) in [5.41, 5.74) is 4.07. The largest absolute Gasteiger partial charge is 0.487 e. The summed E-state index contributed by atoms with van der Waals surface area (Å²) in [7, 11) is 0. The standard InChI is InChI=1S/C26H29N3O3/c1-20(25-12-11-24(18-27-25)32-19-22-5-3-2-4-6-22)28-26(30)17-21-7-9-23(10-8-21)29-13-15-31-16-14-29/h2-12,18,20H,13-17,19H2,1H3,(H,28,30)/t20-/m1/s1. The van der Waals surface area contributed by atoms with Gasteiger partial charge in [0.1, 0.15) is 12.4 Å². The number of hydrogen-bond donors (Lipinski definition) is 1. The summed E-state index contributed by atoms with van der Waals surface area (Å²) in [6.07, 6.45) is 2.04. The van der Waals surface area contributed by atoms with Crippen molar-refractivity contribution in [3.8, 4) is 5.75 Å². The molecule has 1 fully saturated rings. The number of nitrogens with one attached hydrogen (secondary N) is 1. The SMILES string of the molecule is C[C@@H](NC(=O)Cc1ccc(N2CCOCC2)cc1)c1ccc(OCc2ccccc2)cn1. The summed E-state index contributed by atoms with van der Waals surface area (Å²) < 4.78 is 11.2. The van der Waals surface area contributed by atoms with Crippen molar-refractivity contribution < 1.29 is 14.3 Å². The third-order valence-electron chi connectivity index (χ3n) is 5.51. The molecule has 0 bridgehead atoms. The fraction of sp³-hybridized carbons (Fsp3) is 0.308. The van der Waals surface area contributed by atoms with Crippen molar-refractivity contribution in [3.05, 3.63) is 89.7 Å². The summed E-state index contributed by atoms with van der Waals surface area (Å²) in [6.45, 7) is 5.76. The first-order chi connectivity index (χ1) is 15.7. The topological polar surface area (TPSA) is 63.7 Å². The Morgan fingerprint density at radius 1 is 1.03 bits per heavy atom. The van der Waals surface area contributed by atoms with E-state index < -0.39 is 0 Å². The van der Waals surface area contributed by atoms with Crippen LogP contribution in [0.1, 0.15) is 29.8 Å². The van der Waals surface area contributed by atoms with E-state index in [2.05, 4.69) is 27.3 Å². The maximum atomic E-state index is 12.5. The molecule has 166 valence electrons. The molecule has 0 saturated carbocycles. The second kappa shape index (κ2) is 10.8. The lowest BCUT2D eigenvalue weighted by atomic mass is 10.1. The van der Waals surface area contributed by atoms with Gasteiger partial charge >= 0.3 is 0 Å². The Hall–Kier alpha value is -3.38. The van der Waals surface area contributed by atoms with Gasteiger partial charge in [0.05, 0.1) is 37.6 Å². The first-order valence-corrected chi connectivity index (χ1v) is 11.0. The van der Waals surface area contributed by atoms with Crippen molar-refractivity contribution in [1.82, 2.24) is 10.3 Å². The van der Waals surface area contributed by atoms with Crippen LogP contribution in [0.25, 0.3) is 0 Å². The van der Waals surface area contributed by atoms with E-state index in [1.54, 1.807) is 6.20 Å². The quantitative estimate of drug-likeness (QED) is 0.586. The molecule has 0 radical (unpaired) electrons. The van der Waals surface area contributed by atoms with E-state index in [-0.39, 0.29) is 11.9 Å². The Kier molecular flexibility index (Phi) is 7.35. The number of benzene rings is 2. The highest BCUT2D eigenvalue weighted by atomic mass is 16.5. The molecule has 4 rings (SSSR count). The molecule has 0 unspecified atom stereocenters. The average Bonchev–Trinajstić information content (AvgIpc) is 2.84.